The van der Waals surface area contributed by atoms with Gasteiger partial charge in [-0.2, -0.15) is 0 Å². The maximum Gasteiger partial charge on any atom is 0.332 e. The normalized spacial score (nSPS) is 13.7. The van der Waals surface area contributed by atoms with Gasteiger partial charge < -0.3 is 9.84 Å². The molecule has 0 aliphatic rings. The molecule has 0 bridgehead atoms. The van der Waals surface area contributed by atoms with E-state index in [1.54, 1.807) is 0 Å². The standard InChI is InChI=1S/C10H18O4/c1-10(2,3)8(11)6-5-7(14-4)9(12)13/h7H,5-6H2,1-4H3,(H,12,13). The highest BCUT2D eigenvalue weighted by molar-refractivity contribution is 5.84. The number of carbonyl (C=O) groups excluding carboxylic acids is 1. The minimum atomic E-state index is -1.02. The number of carboxylic acid groups (broad SMARTS) is 1. The molecule has 0 aliphatic carbocycles. The van der Waals surface area contributed by atoms with Crippen LogP contribution >= 0.6 is 0 Å². The van der Waals surface area contributed by atoms with Gasteiger partial charge in [-0.15, -0.1) is 0 Å². The number of hydrogen-bond acceptors (Lipinski definition) is 3. The molecule has 14 heavy (non-hydrogen) atoms. The van der Waals surface area contributed by atoms with E-state index in [0.717, 1.165) is 0 Å². The molecule has 0 fully saturated rings. The molecule has 0 spiro atoms. The summed E-state index contributed by atoms with van der Waals surface area (Å²) >= 11 is 0. The first-order valence-corrected chi connectivity index (χ1v) is 4.58. The van der Waals surface area contributed by atoms with E-state index in [9.17, 15) is 9.59 Å². The maximum atomic E-state index is 11.5. The van der Waals surface area contributed by atoms with Crippen molar-refractivity contribution in [3.63, 3.8) is 0 Å². The second kappa shape index (κ2) is 5.10. The van der Waals surface area contributed by atoms with Crippen molar-refractivity contribution in [2.24, 2.45) is 5.41 Å². The number of rotatable bonds is 5. The largest absolute Gasteiger partial charge is 0.479 e. The Morgan fingerprint density at radius 1 is 1.36 bits per heavy atom. The molecule has 1 atom stereocenters. The topological polar surface area (TPSA) is 63.6 Å². The first kappa shape index (κ1) is 13.1. The van der Waals surface area contributed by atoms with Gasteiger partial charge in [0.25, 0.3) is 0 Å². The molecule has 0 amide bonds. The third-order valence-corrected chi connectivity index (χ3v) is 2.03. The summed E-state index contributed by atoms with van der Waals surface area (Å²) < 4.78 is 4.72. The van der Waals surface area contributed by atoms with Crippen LogP contribution in [0.15, 0.2) is 0 Å². The maximum absolute atomic E-state index is 11.5. The zero-order chi connectivity index (χ0) is 11.4. The average Bonchev–Trinajstić information content (AvgIpc) is 2.02. The van der Waals surface area contributed by atoms with Crippen LogP contribution in [0.25, 0.3) is 0 Å². The second-order valence-corrected chi connectivity index (χ2v) is 4.27. The van der Waals surface area contributed by atoms with E-state index in [0.29, 0.717) is 0 Å². The molecule has 0 heterocycles. The van der Waals surface area contributed by atoms with Crippen LogP contribution in [0.1, 0.15) is 33.6 Å². The first-order chi connectivity index (χ1) is 6.29. The van der Waals surface area contributed by atoms with Crippen molar-refractivity contribution in [1.82, 2.24) is 0 Å². The third kappa shape index (κ3) is 4.37. The quantitative estimate of drug-likeness (QED) is 0.733. The molecule has 4 heteroatoms. The molecule has 0 aromatic carbocycles. The Hall–Kier alpha value is -0.900. The molecule has 0 rings (SSSR count). The van der Waals surface area contributed by atoms with Gasteiger partial charge in [0.1, 0.15) is 5.78 Å². The number of ketones is 1. The van der Waals surface area contributed by atoms with Gasteiger partial charge in [-0.05, 0) is 6.42 Å². The first-order valence-electron chi connectivity index (χ1n) is 4.58. The molecule has 0 saturated heterocycles. The Morgan fingerprint density at radius 2 is 1.86 bits per heavy atom. The molecular formula is C10H18O4. The predicted molar refractivity (Wildman–Crippen MR) is 52.1 cm³/mol. The van der Waals surface area contributed by atoms with Crippen LogP contribution in [0.3, 0.4) is 0 Å². The fourth-order valence-electron chi connectivity index (χ4n) is 0.979. The van der Waals surface area contributed by atoms with Gasteiger partial charge in [-0.25, -0.2) is 4.79 Å². The van der Waals surface area contributed by atoms with E-state index in [4.69, 9.17) is 9.84 Å². The molecule has 4 nitrogen and oxygen atoms in total. The summed E-state index contributed by atoms with van der Waals surface area (Å²) in [6.07, 6.45) is -0.391. The highest BCUT2D eigenvalue weighted by atomic mass is 16.5. The van der Waals surface area contributed by atoms with Crippen LogP contribution in [0.2, 0.25) is 0 Å². The van der Waals surface area contributed by atoms with Gasteiger partial charge in [0.2, 0.25) is 0 Å². The Labute approximate surface area is 84.3 Å². The van der Waals surface area contributed by atoms with E-state index < -0.39 is 17.5 Å². The van der Waals surface area contributed by atoms with E-state index in [2.05, 4.69) is 0 Å². The Balaban J connectivity index is 4.05. The number of carboxylic acids is 1. The highest BCUT2D eigenvalue weighted by Crippen LogP contribution is 2.18. The lowest BCUT2D eigenvalue weighted by molar-refractivity contribution is -0.149. The molecule has 0 aromatic rings. The van der Waals surface area contributed by atoms with Crippen LogP contribution in [-0.4, -0.2) is 30.1 Å². The van der Waals surface area contributed by atoms with Crippen molar-refractivity contribution >= 4 is 11.8 Å². The van der Waals surface area contributed by atoms with Gasteiger partial charge in [-0.3, -0.25) is 4.79 Å². The molecule has 1 unspecified atom stereocenters. The second-order valence-electron chi connectivity index (χ2n) is 4.27. The van der Waals surface area contributed by atoms with E-state index >= 15 is 0 Å². The molecule has 0 saturated carbocycles. The minimum Gasteiger partial charge on any atom is -0.479 e. The lowest BCUT2D eigenvalue weighted by atomic mass is 9.87. The van der Waals surface area contributed by atoms with Crippen LogP contribution in [0.4, 0.5) is 0 Å². The molecule has 1 N–H and O–H groups in total. The van der Waals surface area contributed by atoms with Gasteiger partial charge in [0.05, 0.1) is 0 Å². The van der Waals surface area contributed by atoms with Gasteiger partial charge in [0.15, 0.2) is 6.10 Å². The van der Waals surface area contributed by atoms with E-state index in [1.165, 1.54) is 7.11 Å². The Kier molecular flexibility index (Phi) is 4.77. The monoisotopic (exact) mass is 202 g/mol. The average molecular weight is 202 g/mol. The zero-order valence-electron chi connectivity index (χ0n) is 9.16. The number of methoxy groups -OCH3 is 1. The van der Waals surface area contributed by atoms with E-state index in [1.807, 2.05) is 20.8 Å². The summed E-state index contributed by atoms with van der Waals surface area (Å²) in [7, 11) is 1.33. The molecule has 0 aromatic heterocycles. The van der Waals surface area contributed by atoms with Crippen LogP contribution in [-0.2, 0) is 14.3 Å². The summed E-state index contributed by atoms with van der Waals surface area (Å²) in [6.45, 7) is 5.45. The number of hydrogen-bond donors (Lipinski definition) is 1. The van der Waals surface area contributed by atoms with Gasteiger partial charge in [0, 0.05) is 18.9 Å². The summed E-state index contributed by atoms with van der Waals surface area (Å²) in [5, 5.41) is 8.65. The van der Waals surface area contributed by atoms with Crippen molar-refractivity contribution in [3.05, 3.63) is 0 Å². The highest BCUT2D eigenvalue weighted by Gasteiger charge is 2.24. The van der Waals surface area contributed by atoms with Crippen molar-refractivity contribution in [3.8, 4) is 0 Å². The summed E-state index contributed by atoms with van der Waals surface area (Å²) in [5.41, 5.74) is -0.406. The Bertz CT molecular complexity index is 215. The lowest BCUT2D eigenvalue weighted by Crippen LogP contribution is -2.26. The number of aliphatic carboxylic acids is 1. The Morgan fingerprint density at radius 3 is 2.14 bits per heavy atom. The van der Waals surface area contributed by atoms with E-state index in [-0.39, 0.29) is 18.6 Å². The van der Waals surface area contributed by atoms with Crippen LogP contribution in [0, 0.1) is 5.41 Å². The van der Waals surface area contributed by atoms with Crippen molar-refractivity contribution in [2.45, 2.75) is 39.7 Å². The molecule has 0 radical (unpaired) electrons. The number of ether oxygens (including phenoxy) is 1. The molecular weight excluding hydrogens is 184 g/mol. The lowest BCUT2D eigenvalue weighted by Gasteiger charge is -2.17. The summed E-state index contributed by atoms with van der Waals surface area (Å²) in [6, 6.07) is 0. The van der Waals surface area contributed by atoms with Gasteiger partial charge in [-0.1, -0.05) is 20.8 Å². The van der Waals surface area contributed by atoms with Crippen LogP contribution in [0.5, 0.6) is 0 Å². The van der Waals surface area contributed by atoms with Crippen molar-refractivity contribution < 1.29 is 19.4 Å². The molecule has 0 aliphatic heterocycles. The van der Waals surface area contributed by atoms with Crippen molar-refractivity contribution in [2.75, 3.05) is 7.11 Å². The third-order valence-electron chi connectivity index (χ3n) is 2.03. The van der Waals surface area contributed by atoms with Crippen LogP contribution < -0.4 is 0 Å². The predicted octanol–water partition coefficient (Wildman–Crippen LogP) is 1.48. The SMILES string of the molecule is COC(CCC(=O)C(C)(C)C)C(=O)O. The smallest absolute Gasteiger partial charge is 0.332 e. The fourth-order valence-corrected chi connectivity index (χ4v) is 0.979. The summed E-state index contributed by atoms with van der Waals surface area (Å²) in [5.74, 6) is -0.963. The number of Topliss-reactive ketones (excluding diaryl/α,β-unsaturated/α-hetero) is 1. The zero-order valence-corrected chi connectivity index (χ0v) is 9.16. The molecule has 82 valence electrons. The number of carbonyl (C=O) groups is 2. The minimum absolute atomic E-state index is 0.0563. The fraction of sp³-hybridized carbons (Fsp3) is 0.800. The van der Waals surface area contributed by atoms with Gasteiger partial charge >= 0.3 is 5.97 Å². The summed E-state index contributed by atoms with van der Waals surface area (Å²) in [4.78, 5) is 22.0. The van der Waals surface area contributed by atoms with Crippen molar-refractivity contribution in [1.29, 1.82) is 0 Å².